The number of carboxylic acids is 1. The molecule has 0 saturated heterocycles. The molecule has 3 unspecified atom stereocenters. The first kappa shape index (κ1) is 11.0. The molecular weight excluding hydrogens is 206 g/mol. The van der Waals surface area contributed by atoms with Gasteiger partial charge in [-0.05, 0) is 31.1 Å². The summed E-state index contributed by atoms with van der Waals surface area (Å²) in [5.74, 6) is 2.49. The number of amides is 1. The number of fused-ring (bicyclic) bond motifs is 1. The maximum absolute atomic E-state index is 11.8. The standard InChI is InChI=1S/C12H15NO3/c1-2-3-10(12(15)16)13-11(14)9-5-7-4-8(7)6-9/h1,7-10H,3-6H2,(H,13,14)(H,15,16). The topological polar surface area (TPSA) is 66.4 Å². The summed E-state index contributed by atoms with van der Waals surface area (Å²) in [6.45, 7) is 0. The van der Waals surface area contributed by atoms with E-state index in [0.29, 0.717) is 11.8 Å². The van der Waals surface area contributed by atoms with Crippen LogP contribution in [0.3, 0.4) is 0 Å². The maximum atomic E-state index is 11.8. The summed E-state index contributed by atoms with van der Waals surface area (Å²) in [7, 11) is 0. The first-order valence-electron chi connectivity index (χ1n) is 5.58. The molecule has 2 rings (SSSR count). The molecule has 0 bridgehead atoms. The largest absolute Gasteiger partial charge is 0.480 e. The molecule has 86 valence electrons. The molecule has 16 heavy (non-hydrogen) atoms. The smallest absolute Gasteiger partial charge is 0.327 e. The van der Waals surface area contributed by atoms with Crippen LogP contribution in [-0.2, 0) is 9.59 Å². The average Bonchev–Trinajstić information content (AvgIpc) is 2.84. The summed E-state index contributed by atoms with van der Waals surface area (Å²) in [5.41, 5.74) is 0. The lowest BCUT2D eigenvalue weighted by molar-refractivity contribution is -0.142. The summed E-state index contributed by atoms with van der Waals surface area (Å²) >= 11 is 0. The average molecular weight is 221 g/mol. The van der Waals surface area contributed by atoms with Crippen molar-refractivity contribution in [2.45, 2.75) is 31.7 Å². The zero-order chi connectivity index (χ0) is 11.7. The molecular formula is C12H15NO3. The monoisotopic (exact) mass is 221 g/mol. The molecule has 2 saturated carbocycles. The van der Waals surface area contributed by atoms with Crippen molar-refractivity contribution in [1.82, 2.24) is 5.32 Å². The summed E-state index contributed by atoms with van der Waals surface area (Å²) in [6.07, 6.45) is 8.18. The summed E-state index contributed by atoms with van der Waals surface area (Å²) < 4.78 is 0. The van der Waals surface area contributed by atoms with Crippen molar-refractivity contribution in [1.29, 1.82) is 0 Å². The quantitative estimate of drug-likeness (QED) is 0.684. The van der Waals surface area contributed by atoms with Crippen molar-refractivity contribution in [3.05, 3.63) is 0 Å². The Morgan fingerprint density at radius 1 is 1.38 bits per heavy atom. The fourth-order valence-corrected chi connectivity index (χ4v) is 2.54. The van der Waals surface area contributed by atoms with Gasteiger partial charge in [-0.25, -0.2) is 4.79 Å². The van der Waals surface area contributed by atoms with Gasteiger partial charge in [-0.2, -0.15) is 0 Å². The van der Waals surface area contributed by atoms with Crippen molar-refractivity contribution in [3.8, 4) is 12.3 Å². The first-order valence-corrected chi connectivity index (χ1v) is 5.58. The van der Waals surface area contributed by atoms with E-state index in [2.05, 4.69) is 11.2 Å². The predicted octanol–water partition coefficient (Wildman–Crippen LogP) is 0.625. The minimum Gasteiger partial charge on any atom is -0.480 e. The number of carboxylic acid groups (broad SMARTS) is 1. The summed E-state index contributed by atoms with van der Waals surface area (Å²) in [6, 6.07) is -0.936. The minimum absolute atomic E-state index is 0.00312. The zero-order valence-electron chi connectivity index (χ0n) is 8.98. The molecule has 3 atom stereocenters. The number of terminal acetylenes is 1. The van der Waals surface area contributed by atoms with E-state index in [1.807, 2.05) is 0 Å². The number of nitrogens with one attached hydrogen (secondary N) is 1. The third kappa shape index (κ3) is 2.19. The van der Waals surface area contributed by atoms with Crippen LogP contribution in [0.15, 0.2) is 0 Å². The van der Waals surface area contributed by atoms with Gasteiger partial charge in [0.05, 0.1) is 0 Å². The minimum atomic E-state index is -1.06. The number of hydrogen-bond donors (Lipinski definition) is 2. The van der Waals surface area contributed by atoms with Gasteiger partial charge in [0.25, 0.3) is 0 Å². The summed E-state index contributed by atoms with van der Waals surface area (Å²) in [5, 5.41) is 11.4. The fourth-order valence-electron chi connectivity index (χ4n) is 2.54. The molecule has 2 aliphatic carbocycles. The van der Waals surface area contributed by atoms with Gasteiger partial charge in [0.1, 0.15) is 6.04 Å². The number of carbonyl (C=O) groups is 2. The zero-order valence-corrected chi connectivity index (χ0v) is 8.98. The normalized spacial score (nSPS) is 32.3. The SMILES string of the molecule is C#CCC(NC(=O)C1CC2CC2C1)C(=O)O. The van der Waals surface area contributed by atoms with E-state index in [9.17, 15) is 9.59 Å². The van der Waals surface area contributed by atoms with Crippen LogP contribution in [0.1, 0.15) is 25.7 Å². The van der Waals surface area contributed by atoms with Gasteiger partial charge in [0.15, 0.2) is 0 Å². The second-order valence-electron chi connectivity index (χ2n) is 4.73. The molecule has 0 radical (unpaired) electrons. The van der Waals surface area contributed by atoms with Crippen LogP contribution in [-0.4, -0.2) is 23.0 Å². The van der Waals surface area contributed by atoms with Crippen molar-refractivity contribution in [2.75, 3.05) is 0 Å². The Labute approximate surface area is 94.4 Å². The van der Waals surface area contributed by atoms with Crippen LogP contribution in [0.25, 0.3) is 0 Å². The van der Waals surface area contributed by atoms with E-state index in [4.69, 9.17) is 11.5 Å². The lowest BCUT2D eigenvalue weighted by atomic mass is 10.0. The number of rotatable bonds is 4. The Kier molecular flexibility index (Phi) is 2.86. The highest BCUT2D eigenvalue weighted by atomic mass is 16.4. The Bertz CT molecular complexity index is 348. The van der Waals surface area contributed by atoms with Gasteiger partial charge in [-0.1, -0.05) is 0 Å². The second-order valence-corrected chi connectivity index (χ2v) is 4.73. The highest BCUT2D eigenvalue weighted by molar-refractivity contribution is 5.85. The molecule has 2 aliphatic rings. The Hall–Kier alpha value is -1.50. The molecule has 2 fully saturated rings. The number of aliphatic carboxylic acids is 1. The maximum Gasteiger partial charge on any atom is 0.327 e. The Balaban J connectivity index is 1.85. The van der Waals surface area contributed by atoms with Crippen LogP contribution in [0.4, 0.5) is 0 Å². The van der Waals surface area contributed by atoms with E-state index in [-0.39, 0.29) is 18.2 Å². The molecule has 2 N–H and O–H groups in total. The lowest BCUT2D eigenvalue weighted by Gasteiger charge is -2.16. The van der Waals surface area contributed by atoms with Crippen LogP contribution in [0, 0.1) is 30.1 Å². The van der Waals surface area contributed by atoms with E-state index in [0.717, 1.165) is 12.8 Å². The van der Waals surface area contributed by atoms with Gasteiger partial charge in [0.2, 0.25) is 5.91 Å². The van der Waals surface area contributed by atoms with Gasteiger partial charge >= 0.3 is 5.97 Å². The third-order valence-corrected chi connectivity index (χ3v) is 3.55. The highest BCUT2D eigenvalue weighted by Crippen LogP contribution is 2.54. The van der Waals surface area contributed by atoms with Crippen LogP contribution in [0.5, 0.6) is 0 Å². The Morgan fingerprint density at radius 3 is 2.50 bits per heavy atom. The summed E-state index contributed by atoms with van der Waals surface area (Å²) in [4.78, 5) is 22.6. The molecule has 0 aromatic carbocycles. The predicted molar refractivity (Wildman–Crippen MR) is 57.3 cm³/mol. The molecule has 1 amide bonds. The molecule has 0 aromatic heterocycles. The van der Waals surface area contributed by atoms with E-state index in [1.165, 1.54) is 6.42 Å². The molecule has 4 nitrogen and oxygen atoms in total. The number of carbonyl (C=O) groups excluding carboxylic acids is 1. The van der Waals surface area contributed by atoms with Gasteiger partial charge < -0.3 is 10.4 Å². The first-order chi connectivity index (χ1) is 7.61. The van der Waals surface area contributed by atoms with Crippen LogP contribution >= 0.6 is 0 Å². The van der Waals surface area contributed by atoms with Crippen molar-refractivity contribution >= 4 is 11.9 Å². The highest BCUT2D eigenvalue weighted by Gasteiger charge is 2.48. The molecule has 0 heterocycles. The van der Waals surface area contributed by atoms with Crippen LogP contribution in [0.2, 0.25) is 0 Å². The van der Waals surface area contributed by atoms with E-state index < -0.39 is 12.0 Å². The van der Waals surface area contributed by atoms with Crippen molar-refractivity contribution in [2.24, 2.45) is 17.8 Å². The molecule has 0 spiro atoms. The fraction of sp³-hybridized carbons (Fsp3) is 0.667. The Morgan fingerprint density at radius 2 is 2.00 bits per heavy atom. The molecule has 4 heteroatoms. The third-order valence-electron chi connectivity index (χ3n) is 3.55. The second kappa shape index (κ2) is 4.17. The van der Waals surface area contributed by atoms with E-state index >= 15 is 0 Å². The molecule has 0 aliphatic heterocycles. The molecule has 0 aromatic rings. The van der Waals surface area contributed by atoms with Gasteiger partial charge in [-0.3, -0.25) is 4.79 Å². The van der Waals surface area contributed by atoms with E-state index in [1.54, 1.807) is 0 Å². The lowest BCUT2D eigenvalue weighted by Crippen LogP contribution is -2.43. The number of hydrogen-bond acceptors (Lipinski definition) is 2. The van der Waals surface area contributed by atoms with Gasteiger partial charge in [0, 0.05) is 12.3 Å². The van der Waals surface area contributed by atoms with Crippen molar-refractivity contribution in [3.63, 3.8) is 0 Å². The van der Waals surface area contributed by atoms with Crippen LogP contribution < -0.4 is 5.32 Å². The van der Waals surface area contributed by atoms with Gasteiger partial charge in [-0.15, -0.1) is 12.3 Å². The van der Waals surface area contributed by atoms with Crippen molar-refractivity contribution < 1.29 is 14.7 Å².